The van der Waals surface area contributed by atoms with Crippen molar-refractivity contribution in [2.75, 3.05) is 0 Å². The first-order valence-corrected chi connectivity index (χ1v) is 11.5. The molecule has 0 aliphatic carbocycles. The van der Waals surface area contributed by atoms with Crippen molar-refractivity contribution >= 4 is 27.4 Å². The van der Waals surface area contributed by atoms with E-state index >= 15 is 0 Å². The van der Waals surface area contributed by atoms with Crippen LogP contribution in [0.25, 0.3) is 0 Å². The predicted octanol–water partition coefficient (Wildman–Crippen LogP) is 2.57. The Morgan fingerprint density at radius 1 is 0.875 bits per heavy atom. The molecule has 16 heavy (non-hydrogen) atoms. The summed E-state index contributed by atoms with van der Waals surface area (Å²) >= 11 is 6.47. The Kier molecular flexibility index (Phi) is 3.26. The van der Waals surface area contributed by atoms with E-state index in [-0.39, 0.29) is 11.1 Å². The van der Waals surface area contributed by atoms with Gasteiger partial charge in [0.15, 0.2) is 8.40 Å². The van der Waals surface area contributed by atoms with E-state index in [9.17, 15) is 4.80 Å². The van der Waals surface area contributed by atoms with E-state index in [0.29, 0.717) is 0 Å². The fourth-order valence-corrected chi connectivity index (χ4v) is 20.1. The van der Waals surface area contributed by atoms with Gasteiger partial charge in [0.25, 0.3) is 0 Å². The number of hydrogen-bond donors (Lipinski definition) is 1. The molecule has 0 bridgehead atoms. The summed E-state index contributed by atoms with van der Waals surface area (Å²) in [5.41, 5.74) is -0.111. The SMILES string of the molecule is CC(C)(C)N1[Si](C)(C)N(C(C)(C)C)[Si]1(O)Cl. The molecule has 1 N–H and O–H groups in total. The van der Waals surface area contributed by atoms with Crippen molar-refractivity contribution in [1.29, 1.82) is 0 Å². The van der Waals surface area contributed by atoms with Crippen LogP contribution in [0.5, 0.6) is 0 Å². The molecule has 0 unspecified atom stereocenters. The number of halogens is 1. The van der Waals surface area contributed by atoms with Crippen LogP contribution >= 0.6 is 11.1 Å². The van der Waals surface area contributed by atoms with E-state index in [4.69, 9.17) is 11.1 Å². The molecule has 0 spiro atoms. The van der Waals surface area contributed by atoms with Gasteiger partial charge in [-0.1, -0.05) is 11.1 Å². The quantitative estimate of drug-likeness (QED) is 0.546. The molecular weight excluding hydrogens is 256 g/mol. The van der Waals surface area contributed by atoms with Gasteiger partial charge in [-0.3, -0.25) is 8.46 Å². The smallest absolute Gasteiger partial charge is 0.397 e. The van der Waals surface area contributed by atoms with Crippen LogP contribution in [0.2, 0.25) is 13.1 Å². The van der Waals surface area contributed by atoms with Crippen LogP contribution in [0.15, 0.2) is 0 Å². The Hall–Kier alpha value is 0.604. The van der Waals surface area contributed by atoms with Gasteiger partial charge in [-0.05, 0) is 54.6 Å². The Morgan fingerprint density at radius 3 is 1.25 bits per heavy atom. The van der Waals surface area contributed by atoms with E-state index in [1.807, 2.05) is 0 Å². The average molecular weight is 281 g/mol. The van der Waals surface area contributed by atoms with Crippen molar-refractivity contribution in [3.63, 3.8) is 0 Å². The number of rotatable bonds is 0. The molecule has 1 heterocycles. The Labute approximate surface area is 107 Å². The number of hydrogen-bond acceptors (Lipinski definition) is 3. The first-order valence-electron chi connectivity index (χ1n) is 5.75. The molecule has 0 amide bonds. The third-order valence-electron chi connectivity index (χ3n) is 3.01. The molecule has 3 nitrogen and oxygen atoms in total. The third kappa shape index (κ3) is 2.02. The lowest BCUT2D eigenvalue weighted by Gasteiger charge is -2.70. The highest BCUT2D eigenvalue weighted by molar-refractivity contribution is 7.25. The highest BCUT2D eigenvalue weighted by Gasteiger charge is 2.72. The van der Waals surface area contributed by atoms with E-state index in [2.05, 4.69) is 63.1 Å². The van der Waals surface area contributed by atoms with Gasteiger partial charge in [0.1, 0.15) is 0 Å². The molecule has 0 aromatic carbocycles. The lowest BCUT2D eigenvalue weighted by molar-refractivity contribution is 0.153. The summed E-state index contributed by atoms with van der Waals surface area (Å²) in [5.74, 6) is 0. The van der Waals surface area contributed by atoms with Gasteiger partial charge < -0.3 is 4.80 Å². The maximum atomic E-state index is 10.6. The molecule has 1 saturated heterocycles. The van der Waals surface area contributed by atoms with Crippen LogP contribution in [0.3, 0.4) is 0 Å². The average Bonchev–Trinajstić information content (AvgIpc) is 1.69. The monoisotopic (exact) mass is 280 g/mol. The first-order chi connectivity index (χ1) is 6.73. The zero-order valence-electron chi connectivity index (χ0n) is 11.7. The summed E-state index contributed by atoms with van der Waals surface area (Å²) in [6.07, 6.45) is 0. The van der Waals surface area contributed by atoms with E-state index in [1.165, 1.54) is 0 Å². The summed E-state index contributed by atoms with van der Waals surface area (Å²) in [5, 5.41) is 0. The zero-order valence-corrected chi connectivity index (χ0v) is 14.5. The minimum absolute atomic E-state index is 0.0554. The van der Waals surface area contributed by atoms with Gasteiger partial charge in [-0.25, -0.2) is 0 Å². The van der Waals surface area contributed by atoms with Crippen LogP contribution < -0.4 is 0 Å². The summed E-state index contributed by atoms with van der Waals surface area (Å²) in [7, 11) is -4.68. The molecular formula is C10H25ClN2OSi2. The topological polar surface area (TPSA) is 26.7 Å². The minimum atomic E-state index is -2.92. The summed E-state index contributed by atoms with van der Waals surface area (Å²) in [4.78, 5) is 10.6. The standard InChI is InChI=1S/C10H25ClN2OSi2/c1-9(2,3)12-15(7,8)13(10(4,5)6)16(12,11)14/h14H,1-8H3. The van der Waals surface area contributed by atoms with Gasteiger partial charge in [-0.2, -0.15) is 0 Å². The predicted molar refractivity (Wildman–Crippen MR) is 74.5 cm³/mol. The normalized spacial score (nSPS) is 26.6. The van der Waals surface area contributed by atoms with Crippen LogP contribution in [0.4, 0.5) is 0 Å². The lowest BCUT2D eigenvalue weighted by Crippen LogP contribution is -2.95. The minimum Gasteiger partial charge on any atom is -0.397 e. The van der Waals surface area contributed by atoms with Crippen molar-refractivity contribution in [3.05, 3.63) is 0 Å². The second kappa shape index (κ2) is 3.55. The highest BCUT2D eigenvalue weighted by Crippen LogP contribution is 2.48. The zero-order chi connectivity index (χ0) is 13.2. The highest BCUT2D eigenvalue weighted by atomic mass is 35.6. The molecule has 96 valence electrons. The first kappa shape index (κ1) is 14.7. The molecule has 0 radical (unpaired) electrons. The molecule has 0 saturated carbocycles. The Bertz CT molecular complexity index is 252. The molecule has 1 rings (SSSR count). The summed E-state index contributed by atoms with van der Waals surface area (Å²) in [6, 6.07) is 0. The van der Waals surface area contributed by atoms with E-state index in [0.717, 1.165) is 0 Å². The van der Waals surface area contributed by atoms with Crippen molar-refractivity contribution < 1.29 is 4.80 Å². The second-order valence-corrected chi connectivity index (χ2v) is 15.4. The van der Waals surface area contributed by atoms with Gasteiger partial charge in [0.2, 0.25) is 0 Å². The molecule has 6 heteroatoms. The van der Waals surface area contributed by atoms with Crippen LogP contribution in [-0.2, 0) is 0 Å². The van der Waals surface area contributed by atoms with Gasteiger partial charge in [0, 0.05) is 11.1 Å². The largest absolute Gasteiger partial charge is 0.450 e. The van der Waals surface area contributed by atoms with E-state index in [1.54, 1.807) is 0 Å². The molecule has 0 aromatic heterocycles. The van der Waals surface area contributed by atoms with Crippen molar-refractivity contribution in [2.24, 2.45) is 0 Å². The van der Waals surface area contributed by atoms with Gasteiger partial charge in [-0.15, -0.1) is 0 Å². The van der Waals surface area contributed by atoms with Crippen LogP contribution in [0, 0.1) is 0 Å². The fourth-order valence-electron chi connectivity index (χ4n) is 3.35. The molecule has 0 aromatic rings. The second-order valence-electron chi connectivity index (χ2n) is 7.06. The van der Waals surface area contributed by atoms with Gasteiger partial charge >= 0.3 is 7.95 Å². The van der Waals surface area contributed by atoms with Crippen LogP contribution in [0.1, 0.15) is 41.5 Å². The molecule has 1 aliphatic rings. The maximum absolute atomic E-state index is 10.6. The van der Waals surface area contributed by atoms with Crippen LogP contribution in [-0.4, -0.2) is 40.7 Å². The Morgan fingerprint density at radius 2 is 1.12 bits per heavy atom. The Balaban J connectivity index is 3.15. The molecule has 1 fully saturated rings. The lowest BCUT2D eigenvalue weighted by atomic mass is 10.1. The maximum Gasteiger partial charge on any atom is 0.450 e. The van der Waals surface area contributed by atoms with Crippen molar-refractivity contribution in [2.45, 2.75) is 65.7 Å². The van der Waals surface area contributed by atoms with Crippen molar-refractivity contribution in [3.8, 4) is 0 Å². The molecule has 1 aliphatic heterocycles. The van der Waals surface area contributed by atoms with E-state index < -0.39 is 16.3 Å². The third-order valence-corrected chi connectivity index (χ3v) is 16.0. The fraction of sp³-hybridized carbons (Fsp3) is 1.00. The molecule has 0 atom stereocenters. The number of nitrogens with zero attached hydrogens (tertiary/aromatic N) is 2. The summed E-state index contributed by atoms with van der Waals surface area (Å²) < 4.78 is 4.42. The van der Waals surface area contributed by atoms with Crippen molar-refractivity contribution in [1.82, 2.24) is 8.46 Å². The summed E-state index contributed by atoms with van der Waals surface area (Å²) in [6.45, 7) is 17.3. The van der Waals surface area contributed by atoms with Gasteiger partial charge in [0.05, 0.1) is 0 Å².